The van der Waals surface area contributed by atoms with Gasteiger partial charge in [-0.25, -0.2) is 0 Å². The maximum absolute atomic E-state index is 12.8. The molecule has 0 saturated heterocycles. The van der Waals surface area contributed by atoms with Gasteiger partial charge in [-0.1, -0.05) is 41.9 Å². The van der Waals surface area contributed by atoms with Crippen LogP contribution in [0.4, 0.5) is 11.4 Å². The Labute approximate surface area is 190 Å². The van der Waals surface area contributed by atoms with Crippen LogP contribution in [0, 0.1) is 0 Å². The summed E-state index contributed by atoms with van der Waals surface area (Å²) in [5.74, 6) is 0.585. The predicted octanol–water partition coefficient (Wildman–Crippen LogP) is 4.61. The molecule has 0 spiro atoms. The van der Waals surface area contributed by atoms with Crippen LogP contribution in [0.3, 0.4) is 0 Å². The number of ether oxygens (including phenoxy) is 2. The highest BCUT2D eigenvalue weighted by Gasteiger charge is 2.17. The van der Waals surface area contributed by atoms with E-state index in [9.17, 15) is 9.59 Å². The number of halogens is 1. The summed E-state index contributed by atoms with van der Waals surface area (Å²) in [6.07, 6.45) is 0. The Balaban J connectivity index is 1.39. The minimum Gasteiger partial charge on any atom is -0.454 e. The Bertz CT molecular complexity index is 1150. The molecule has 1 aliphatic rings. The fourth-order valence-corrected chi connectivity index (χ4v) is 3.64. The van der Waals surface area contributed by atoms with Crippen LogP contribution in [-0.4, -0.2) is 25.2 Å². The normalized spacial score (nSPS) is 12.8. The lowest BCUT2D eigenvalue weighted by molar-refractivity contribution is -0.115. The minimum absolute atomic E-state index is 0.0600. The topological polar surface area (TPSA) is 88.7 Å². The van der Waals surface area contributed by atoms with Gasteiger partial charge < -0.3 is 25.4 Å². The monoisotopic (exact) mass is 451 g/mol. The largest absolute Gasteiger partial charge is 0.454 e. The van der Waals surface area contributed by atoms with E-state index in [1.54, 1.807) is 42.5 Å². The number of anilines is 2. The summed E-state index contributed by atoms with van der Waals surface area (Å²) in [5.41, 5.74) is 2.24. The first-order chi connectivity index (χ1) is 15.5. The second kappa shape index (κ2) is 9.72. The number of benzene rings is 3. The molecule has 1 heterocycles. The van der Waals surface area contributed by atoms with E-state index >= 15 is 0 Å². The van der Waals surface area contributed by atoms with Crippen LogP contribution in [0.2, 0.25) is 5.02 Å². The summed E-state index contributed by atoms with van der Waals surface area (Å²) in [7, 11) is 0. The van der Waals surface area contributed by atoms with E-state index in [1.165, 1.54) is 0 Å². The van der Waals surface area contributed by atoms with Gasteiger partial charge in [0.2, 0.25) is 12.7 Å². The molecule has 0 bridgehead atoms. The summed E-state index contributed by atoms with van der Waals surface area (Å²) in [4.78, 5) is 25.4. The summed E-state index contributed by atoms with van der Waals surface area (Å²) in [6, 6.07) is 19.4. The fraction of sp³-hybridized carbons (Fsp3) is 0.167. The Kier molecular flexibility index (Phi) is 6.58. The average molecular weight is 452 g/mol. The predicted molar refractivity (Wildman–Crippen MR) is 123 cm³/mol. The summed E-state index contributed by atoms with van der Waals surface area (Å²) < 4.78 is 10.6. The zero-order valence-corrected chi connectivity index (χ0v) is 18.1. The highest BCUT2D eigenvalue weighted by atomic mass is 35.5. The lowest BCUT2D eigenvalue weighted by Gasteiger charge is -2.16. The third kappa shape index (κ3) is 5.01. The molecule has 8 heteroatoms. The molecule has 7 nitrogen and oxygen atoms in total. The number of nitrogens with one attached hydrogen (secondary N) is 3. The van der Waals surface area contributed by atoms with Crippen molar-refractivity contribution in [1.82, 2.24) is 5.32 Å². The van der Waals surface area contributed by atoms with Crippen LogP contribution in [0.25, 0.3) is 0 Å². The average Bonchev–Trinajstić information content (AvgIpc) is 3.26. The number of carbonyl (C=O) groups excluding carboxylic acids is 2. The van der Waals surface area contributed by atoms with E-state index in [2.05, 4.69) is 16.0 Å². The zero-order chi connectivity index (χ0) is 22.5. The number of carbonyl (C=O) groups is 2. The Hall–Kier alpha value is -3.55. The van der Waals surface area contributed by atoms with Crippen molar-refractivity contribution < 1.29 is 19.1 Å². The number of amides is 2. The minimum atomic E-state index is -0.350. The van der Waals surface area contributed by atoms with E-state index in [4.69, 9.17) is 21.1 Å². The standard InChI is InChI=1S/C24H22ClN3O4/c1-15(17-6-2-4-8-19(17)25)26-13-23(29)28-20-9-5-3-7-18(20)24(30)27-16-10-11-21-22(12-16)32-14-31-21/h2-12,15,26H,13-14H2,1H3,(H,27,30)(H,28,29). The van der Waals surface area contributed by atoms with Crippen LogP contribution in [-0.2, 0) is 4.79 Å². The lowest BCUT2D eigenvalue weighted by Crippen LogP contribution is -2.30. The molecule has 1 aliphatic heterocycles. The van der Waals surface area contributed by atoms with E-state index in [1.807, 2.05) is 31.2 Å². The van der Waals surface area contributed by atoms with Crippen molar-refractivity contribution in [2.75, 3.05) is 24.0 Å². The molecule has 164 valence electrons. The summed E-state index contributed by atoms with van der Waals surface area (Å²) in [6.45, 7) is 2.15. The molecule has 32 heavy (non-hydrogen) atoms. The fourth-order valence-electron chi connectivity index (χ4n) is 3.34. The maximum atomic E-state index is 12.8. The Morgan fingerprint density at radius 2 is 1.72 bits per heavy atom. The zero-order valence-electron chi connectivity index (χ0n) is 17.4. The van der Waals surface area contributed by atoms with Crippen molar-refractivity contribution in [3.8, 4) is 11.5 Å². The molecule has 0 saturated carbocycles. The van der Waals surface area contributed by atoms with Crippen LogP contribution in [0.5, 0.6) is 11.5 Å². The van der Waals surface area contributed by atoms with E-state index in [0.717, 1.165) is 5.56 Å². The van der Waals surface area contributed by atoms with Gasteiger partial charge in [0.1, 0.15) is 0 Å². The number of hydrogen-bond donors (Lipinski definition) is 3. The molecule has 2 amide bonds. The van der Waals surface area contributed by atoms with Crippen LogP contribution in [0.15, 0.2) is 66.7 Å². The van der Waals surface area contributed by atoms with Gasteiger partial charge in [-0.05, 0) is 42.8 Å². The van der Waals surface area contributed by atoms with Crippen molar-refractivity contribution in [2.45, 2.75) is 13.0 Å². The van der Waals surface area contributed by atoms with E-state index in [-0.39, 0.29) is 31.2 Å². The summed E-state index contributed by atoms with van der Waals surface area (Å²) in [5, 5.41) is 9.41. The molecule has 3 N–H and O–H groups in total. The van der Waals surface area contributed by atoms with Crippen LogP contribution >= 0.6 is 11.6 Å². The molecule has 3 aromatic carbocycles. The van der Waals surface area contributed by atoms with Crippen molar-refractivity contribution in [1.29, 1.82) is 0 Å². The number of fused-ring (bicyclic) bond motifs is 1. The number of para-hydroxylation sites is 1. The molecule has 1 atom stereocenters. The maximum Gasteiger partial charge on any atom is 0.257 e. The summed E-state index contributed by atoms with van der Waals surface area (Å²) >= 11 is 6.22. The molecule has 0 fully saturated rings. The molecule has 3 aromatic rings. The van der Waals surface area contributed by atoms with Gasteiger partial charge in [-0.2, -0.15) is 0 Å². The van der Waals surface area contributed by atoms with Crippen molar-refractivity contribution in [3.05, 3.63) is 82.9 Å². The van der Waals surface area contributed by atoms with Gasteiger partial charge in [0, 0.05) is 22.8 Å². The van der Waals surface area contributed by atoms with Gasteiger partial charge in [0.15, 0.2) is 11.5 Å². The van der Waals surface area contributed by atoms with Crippen LogP contribution < -0.4 is 25.4 Å². The van der Waals surface area contributed by atoms with Gasteiger partial charge in [0.05, 0.1) is 17.8 Å². The van der Waals surface area contributed by atoms with Crippen molar-refractivity contribution in [3.63, 3.8) is 0 Å². The molecule has 0 radical (unpaired) electrons. The third-order valence-corrected chi connectivity index (χ3v) is 5.36. The smallest absolute Gasteiger partial charge is 0.257 e. The molecular formula is C24H22ClN3O4. The number of rotatable bonds is 7. The van der Waals surface area contributed by atoms with Gasteiger partial charge in [0.25, 0.3) is 5.91 Å². The highest BCUT2D eigenvalue weighted by molar-refractivity contribution is 6.31. The lowest BCUT2D eigenvalue weighted by atomic mass is 10.1. The second-order valence-electron chi connectivity index (χ2n) is 7.24. The van der Waals surface area contributed by atoms with Crippen LogP contribution in [0.1, 0.15) is 28.9 Å². The third-order valence-electron chi connectivity index (χ3n) is 5.02. The molecule has 0 aromatic heterocycles. The first-order valence-corrected chi connectivity index (χ1v) is 10.5. The molecule has 4 rings (SSSR count). The molecule has 1 unspecified atom stereocenters. The van der Waals surface area contributed by atoms with Crippen molar-refractivity contribution in [2.24, 2.45) is 0 Å². The van der Waals surface area contributed by atoms with E-state index in [0.29, 0.717) is 33.5 Å². The molecular weight excluding hydrogens is 430 g/mol. The SMILES string of the molecule is CC(NCC(=O)Nc1ccccc1C(=O)Nc1ccc2c(c1)OCO2)c1ccccc1Cl. The molecule has 0 aliphatic carbocycles. The number of hydrogen-bond acceptors (Lipinski definition) is 5. The second-order valence-corrected chi connectivity index (χ2v) is 7.65. The van der Waals surface area contributed by atoms with Crippen molar-refractivity contribution >= 4 is 34.8 Å². The van der Waals surface area contributed by atoms with Gasteiger partial charge >= 0.3 is 0 Å². The first-order valence-electron chi connectivity index (χ1n) is 10.1. The highest BCUT2D eigenvalue weighted by Crippen LogP contribution is 2.34. The Morgan fingerprint density at radius 1 is 0.969 bits per heavy atom. The quantitative estimate of drug-likeness (QED) is 0.488. The Morgan fingerprint density at radius 3 is 2.56 bits per heavy atom. The first kappa shape index (κ1) is 21.7. The van der Waals surface area contributed by atoms with E-state index < -0.39 is 0 Å². The van der Waals surface area contributed by atoms with Gasteiger partial charge in [-0.15, -0.1) is 0 Å². The van der Waals surface area contributed by atoms with Gasteiger partial charge in [-0.3, -0.25) is 9.59 Å².